The molecule has 0 aromatic carbocycles. The smallest absolute Gasteiger partial charge is 0.0707 e. The molecule has 0 aromatic heterocycles. The minimum absolute atomic E-state index is 0.461. The average molecular weight is 272 g/mol. The number of nitrogens with zero attached hydrogens (tertiary/aromatic N) is 1. The molecule has 2 unspecified atom stereocenters. The number of hydrogen-bond donors (Lipinski definition) is 1. The van der Waals surface area contributed by atoms with Gasteiger partial charge in [0.15, 0.2) is 0 Å². The maximum atomic E-state index is 6.14. The summed E-state index contributed by atoms with van der Waals surface area (Å²) in [6.45, 7) is 8.05. The van der Waals surface area contributed by atoms with E-state index in [1.54, 1.807) is 0 Å². The predicted octanol–water partition coefficient (Wildman–Crippen LogP) is 1.97. The molecule has 3 nitrogen and oxygen atoms in total. The van der Waals surface area contributed by atoms with Gasteiger partial charge in [0.05, 0.1) is 12.2 Å². The second-order valence-corrected chi connectivity index (χ2v) is 6.65. The zero-order chi connectivity index (χ0) is 12.6. The molecule has 106 valence electrons. The van der Waals surface area contributed by atoms with Gasteiger partial charge < -0.3 is 10.1 Å². The number of thioether (sulfide) groups is 1. The van der Waals surface area contributed by atoms with E-state index in [4.69, 9.17) is 4.74 Å². The maximum Gasteiger partial charge on any atom is 0.0707 e. The summed E-state index contributed by atoms with van der Waals surface area (Å²) in [5.74, 6) is 2.64. The van der Waals surface area contributed by atoms with E-state index in [2.05, 4.69) is 28.9 Å². The van der Waals surface area contributed by atoms with Crippen LogP contribution < -0.4 is 5.32 Å². The number of hydrogen-bond acceptors (Lipinski definition) is 4. The van der Waals surface area contributed by atoms with Crippen molar-refractivity contribution in [1.82, 2.24) is 10.2 Å². The van der Waals surface area contributed by atoms with Crippen molar-refractivity contribution in [2.24, 2.45) is 0 Å². The first-order chi connectivity index (χ1) is 8.88. The van der Waals surface area contributed by atoms with Crippen molar-refractivity contribution in [2.45, 2.75) is 44.8 Å². The highest BCUT2D eigenvalue weighted by molar-refractivity contribution is 7.99. The third-order valence-corrected chi connectivity index (χ3v) is 4.82. The van der Waals surface area contributed by atoms with Crippen LogP contribution in [0.3, 0.4) is 0 Å². The van der Waals surface area contributed by atoms with Crippen LogP contribution in [0.2, 0.25) is 0 Å². The summed E-state index contributed by atoms with van der Waals surface area (Å²) in [5, 5.41) is 3.47. The van der Waals surface area contributed by atoms with E-state index in [1.807, 2.05) is 0 Å². The Morgan fingerprint density at radius 1 is 1.22 bits per heavy atom. The molecule has 2 aliphatic rings. The lowest BCUT2D eigenvalue weighted by atomic mass is 10.2. The van der Waals surface area contributed by atoms with Crippen LogP contribution in [-0.2, 0) is 4.74 Å². The first-order valence-electron chi connectivity index (χ1n) is 7.54. The summed E-state index contributed by atoms with van der Waals surface area (Å²) in [7, 11) is 0. The average Bonchev–Trinajstić information content (AvgIpc) is 2.65. The lowest BCUT2D eigenvalue weighted by Gasteiger charge is -2.23. The fourth-order valence-electron chi connectivity index (χ4n) is 2.77. The van der Waals surface area contributed by atoms with Crippen LogP contribution in [0.1, 0.15) is 32.6 Å². The molecule has 2 rings (SSSR count). The normalized spacial score (nSPS) is 30.5. The van der Waals surface area contributed by atoms with Crippen LogP contribution in [0.25, 0.3) is 0 Å². The molecular formula is C14H28N2OS. The van der Waals surface area contributed by atoms with Crippen molar-refractivity contribution < 1.29 is 4.74 Å². The SMILES string of the molecule is CCCNCC1CCC(CN2CCCSCC2)O1. The molecule has 0 aromatic rings. The Bertz CT molecular complexity index is 220. The third-order valence-electron chi connectivity index (χ3n) is 3.77. The largest absolute Gasteiger partial charge is 0.372 e. The zero-order valence-corrected chi connectivity index (χ0v) is 12.5. The predicted molar refractivity (Wildman–Crippen MR) is 79.4 cm³/mol. The molecule has 0 bridgehead atoms. The summed E-state index contributed by atoms with van der Waals surface area (Å²) in [5.41, 5.74) is 0. The first-order valence-corrected chi connectivity index (χ1v) is 8.70. The summed E-state index contributed by atoms with van der Waals surface area (Å²) in [4.78, 5) is 2.60. The van der Waals surface area contributed by atoms with Gasteiger partial charge in [-0.15, -0.1) is 0 Å². The van der Waals surface area contributed by atoms with E-state index in [1.165, 1.54) is 50.3 Å². The van der Waals surface area contributed by atoms with Gasteiger partial charge in [0.25, 0.3) is 0 Å². The molecule has 2 saturated heterocycles. The Morgan fingerprint density at radius 3 is 3.00 bits per heavy atom. The lowest BCUT2D eigenvalue weighted by molar-refractivity contribution is 0.0248. The van der Waals surface area contributed by atoms with Crippen molar-refractivity contribution in [2.75, 3.05) is 44.2 Å². The second-order valence-electron chi connectivity index (χ2n) is 5.43. The van der Waals surface area contributed by atoms with E-state index in [-0.39, 0.29) is 0 Å². The van der Waals surface area contributed by atoms with Gasteiger partial charge in [0.2, 0.25) is 0 Å². The molecule has 2 fully saturated rings. The van der Waals surface area contributed by atoms with Crippen LogP contribution in [0.4, 0.5) is 0 Å². The van der Waals surface area contributed by atoms with Gasteiger partial charge in [-0.3, -0.25) is 4.90 Å². The Kier molecular flexibility index (Phi) is 6.84. The Balaban J connectivity index is 1.62. The Morgan fingerprint density at radius 2 is 2.11 bits per heavy atom. The van der Waals surface area contributed by atoms with Gasteiger partial charge in [0.1, 0.15) is 0 Å². The fraction of sp³-hybridized carbons (Fsp3) is 1.00. The van der Waals surface area contributed by atoms with Crippen LogP contribution in [-0.4, -0.2) is 61.3 Å². The Hall–Kier alpha value is 0.230. The standard InChI is InChI=1S/C14H28N2OS/c1-2-6-15-11-13-4-5-14(17-13)12-16-7-3-9-18-10-8-16/h13-15H,2-12H2,1H3. The van der Waals surface area contributed by atoms with Crippen LogP contribution in [0.15, 0.2) is 0 Å². The van der Waals surface area contributed by atoms with E-state index in [0.29, 0.717) is 12.2 Å². The second kappa shape index (κ2) is 8.41. The van der Waals surface area contributed by atoms with Gasteiger partial charge >= 0.3 is 0 Å². The van der Waals surface area contributed by atoms with Gasteiger partial charge in [-0.2, -0.15) is 11.8 Å². The molecule has 0 spiro atoms. The fourth-order valence-corrected chi connectivity index (χ4v) is 3.70. The maximum absolute atomic E-state index is 6.14. The highest BCUT2D eigenvalue weighted by Gasteiger charge is 2.26. The lowest BCUT2D eigenvalue weighted by Crippen LogP contribution is -2.35. The monoisotopic (exact) mass is 272 g/mol. The molecule has 1 N–H and O–H groups in total. The number of rotatable bonds is 6. The quantitative estimate of drug-likeness (QED) is 0.747. The molecule has 0 radical (unpaired) electrons. The molecule has 2 atom stereocenters. The summed E-state index contributed by atoms with van der Waals surface area (Å²) >= 11 is 2.10. The molecule has 2 aliphatic heterocycles. The Labute approximate surface area is 116 Å². The van der Waals surface area contributed by atoms with Gasteiger partial charge in [-0.25, -0.2) is 0 Å². The zero-order valence-electron chi connectivity index (χ0n) is 11.7. The van der Waals surface area contributed by atoms with Gasteiger partial charge in [0, 0.05) is 25.4 Å². The van der Waals surface area contributed by atoms with Crippen LogP contribution in [0.5, 0.6) is 0 Å². The van der Waals surface area contributed by atoms with Crippen LogP contribution in [0, 0.1) is 0 Å². The highest BCUT2D eigenvalue weighted by Crippen LogP contribution is 2.21. The van der Waals surface area contributed by atoms with E-state index < -0.39 is 0 Å². The molecule has 0 aliphatic carbocycles. The van der Waals surface area contributed by atoms with Crippen molar-refractivity contribution in [3.63, 3.8) is 0 Å². The number of nitrogens with one attached hydrogen (secondary N) is 1. The molecule has 2 heterocycles. The molecule has 4 heteroatoms. The molecule has 0 amide bonds. The van der Waals surface area contributed by atoms with Crippen molar-refractivity contribution >= 4 is 11.8 Å². The summed E-state index contributed by atoms with van der Waals surface area (Å²) in [6.07, 6.45) is 6.00. The van der Waals surface area contributed by atoms with Gasteiger partial charge in [-0.05, 0) is 44.5 Å². The molecular weight excluding hydrogens is 244 g/mol. The first kappa shape index (κ1) is 14.6. The van der Waals surface area contributed by atoms with Gasteiger partial charge in [-0.1, -0.05) is 6.92 Å². The van der Waals surface area contributed by atoms with Crippen molar-refractivity contribution in [3.8, 4) is 0 Å². The highest BCUT2D eigenvalue weighted by atomic mass is 32.2. The number of ether oxygens (including phenoxy) is 1. The van der Waals surface area contributed by atoms with Crippen molar-refractivity contribution in [1.29, 1.82) is 0 Å². The summed E-state index contributed by atoms with van der Waals surface area (Å²) < 4.78 is 6.14. The third kappa shape index (κ3) is 5.08. The molecule has 0 saturated carbocycles. The topological polar surface area (TPSA) is 24.5 Å². The van der Waals surface area contributed by atoms with E-state index >= 15 is 0 Å². The summed E-state index contributed by atoms with van der Waals surface area (Å²) in [6, 6.07) is 0. The minimum atomic E-state index is 0.461. The van der Waals surface area contributed by atoms with Crippen LogP contribution >= 0.6 is 11.8 Å². The minimum Gasteiger partial charge on any atom is -0.372 e. The van der Waals surface area contributed by atoms with Crippen molar-refractivity contribution in [3.05, 3.63) is 0 Å². The van der Waals surface area contributed by atoms with E-state index in [0.717, 1.165) is 19.6 Å². The molecule has 18 heavy (non-hydrogen) atoms. The van der Waals surface area contributed by atoms with E-state index in [9.17, 15) is 0 Å².